The van der Waals surface area contributed by atoms with Gasteiger partial charge in [-0.25, -0.2) is 4.98 Å². The van der Waals surface area contributed by atoms with E-state index in [1.165, 1.54) is 9.80 Å². The van der Waals surface area contributed by atoms with Crippen LogP contribution in [0.15, 0.2) is 73.1 Å². The third-order valence-corrected chi connectivity index (χ3v) is 16.4. The number of nitrogens with zero attached hydrogens (tertiary/aromatic N) is 5. The van der Waals surface area contributed by atoms with Crippen LogP contribution in [0.5, 0.6) is 0 Å². The van der Waals surface area contributed by atoms with Crippen LogP contribution in [0.4, 0.5) is 8.78 Å². The summed E-state index contributed by atoms with van der Waals surface area (Å²) in [7, 11) is -4.12. The van der Waals surface area contributed by atoms with E-state index in [0.29, 0.717) is 44.4 Å². The van der Waals surface area contributed by atoms with Crippen molar-refractivity contribution in [1.82, 2.24) is 45.4 Å². The summed E-state index contributed by atoms with van der Waals surface area (Å²) in [5.41, 5.74) is 2.61. The van der Waals surface area contributed by atoms with Gasteiger partial charge in [-0.05, 0) is 93.9 Å². The Labute approximate surface area is 472 Å². The number of likely N-dealkylation sites (N-methyl/N-ethyl adjacent to an activating group) is 1. The monoisotopic (exact) mass is 1150 g/mol. The van der Waals surface area contributed by atoms with E-state index in [2.05, 4.69) is 38.1 Å². The van der Waals surface area contributed by atoms with Crippen LogP contribution >= 0.6 is 7.60 Å². The molecule has 2 aromatic carbocycles. The van der Waals surface area contributed by atoms with Crippen molar-refractivity contribution in [3.63, 3.8) is 0 Å². The number of piperidine rings is 1. The highest BCUT2D eigenvalue weighted by molar-refractivity contribution is 7.52. The number of nitrogens with one attached hydrogen (secondary N) is 4. The number of carbonyl (C=O) groups excluding carboxylic acids is 8. The van der Waals surface area contributed by atoms with E-state index < -0.39 is 90.5 Å². The van der Waals surface area contributed by atoms with Gasteiger partial charge in [-0.1, -0.05) is 80.3 Å². The predicted octanol–water partition coefficient (Wildman–Crippen LogP) is 3.91. The molecule has 4 aliphatic heterocycles. The molecular formula is C57H69F2N10O12P. The van der Waals surface area contributed by atoms with Crippen LogP contribution < -0.4 is 27.0 Å². The number of aromatic nitrogens is 2. The molecule has 22 nitrogen and oxygen atoms in total. The maximum atomic E-state index is 14.5. The summed E-state index contributed by atoms with van der Waals surface area (Å²) in [6.45, 7) is 1.35. The number of rotatable bonds is 24. The second-order valence-electron chi connectivity index (χ2n) is 21.3. The molecule has 8 amide bonds. The van der Waals surface area contributed by atoms with Crippen molar-refractivity contribution in [2.24, 2.45) is 5.73 Å². The fourth-order valence-electron chi connectivity index (χ4n) is 10.9. The van der Waals surface area contributed by atoms with E-state index in [1.807, 2.05) is 41.3 Å². The standard InChI is InChI=1S/C57H69F2N10O12P/c1-66-29-28-39-21-23-47(69(39)56(77)44(33-66)63-52(73)43-34-67-31-38(20-26-49(67)61-43)57(58,59)82(78,79)80)54(75)62-42(22-25-48(60)70)51(72)64-45(37-16-11-9-12-17-37)35-81-30-13-8-6-4-2-3-5-7-10-15-36-18-14-19-40-41(36)32-68(55(40)76)46-24-27-50(71)65-53(46)74/h9,11-12,14,16-20,26,31,34,39,42,44-47H,2-8,13,21-25,27-30,32-33,35H2,1H3,(H2,60,70)(H,62,75)(H,63,73)(H,64,72)(H,65,71,74)(H2,78,79,80)/t39-,42+,44+,45+,46?,47+/m1/s1. The van der Waals surface area contributed by atoms with Gasteiger partial charge in [0.15, 0.2) is 0 Å². The van der Waals surface area contributed by atoms with Gasteiger partial charge in [-0.2, -0.15) is 8.78 Å². The Kier molecular flexibility index (Phi) is 20.1. The molecule has 3 saturated heterocycles. The molecule has 2 aromatic heterocycles. The maximum Gasteiger partial charge on any atom is 0.399 e. The number of amides is 8. The van der Waals surface area contributed by atoms with Crippen LogP contribution in [0.25, 0.3) is 5.65 Å². The highest BCUT2D eigenvalue weighted by Crippen LogP contribution is 2.59. The van der Waals surface area contributed by atoms with Gasteiger partial charge >= 0.3 is 13.3 Å². The second kappa shape index (κ2) is 27.1. The van der Waals surface area contributed by atoms with Gasteiger partial charge in [0.1, 0.15) is 35.5 Å². The van der Waals surface area contributed by atoms with E-state index in [9.17, 15) is 61.5 Å². The molecule has 438 valence electrons. The van der Waals surface area contributed by atoms with Crippen LogP contribution in [0.2, 0.25) is 0 Å². The minimum atomic E-state index is -5.89. The number of imidazole rings is 1. The Morgan fingerprint density at radius 2 is 1.66 bits per heavy atom. The summed E-state index contributed by atoms with van der Waals surface area (Å²) in [6, 6.07) is 11.2. The fraction of sp³-hybridized carbons (Fsp3) is 0.491. The molecule has 0 radical (unpaired) electrons. The lowest BCUT2D eigenvalue weighted by molar-refractivity contribution is -0.144. The highest BCUT2D eigenvalue weighted by Gasteiger charge is 2.51. The summed E-state index contributed by atoms with van der Waals surface area (Å²) >= 11 is 0. The number of hydrogen-bond donors (Lipinski definition) is 7. The van der Waals surface area contributed by atoms with E-state index in [1.54, 1.807) is 19.2 Å². The lowest BCUT2D eigenvalue weighted by Crippen LogP contribution is -2.61. The summed E-state index contributed by atoms with van der Waals surface area (Å²) in [6.07, 6.45) is 10.6. The molecule has 1 unspecified atom stereocenters. The first-order chi connectivity index (χ1) is 39.2. The quantitative estimate of drug-likeness (QED) is 0.0227. The minimum Gasteiger partial charge on any atom is -0.379 e. The number of imide groups is 1. The van der Waals surface area contributed by atoms with E-state index >= 15 is 0 Å². The number of halogens is 2. The van der Waals surface area contributed by atoms with Gasteiger partial charge in [-0.3, -0.25) is 48.2 Å². The Balaban J connectivity index is 0.800. The van der Waals surface area contributed by atoms with Crippen LogP contribution in [-0.2, 0) is 50.3 Å². The SMILES string of the molecule is CN1CC[C@H]2CC[C@@H](C(=O)N[C@@H](CCC(N)=O)C(=O)N[C@@H](COCCCCCCCCCC#Cc3cccc4c3CN(C3CCC(=O)NC3=O)C4=O)c3ccccc3)N2C(=O)[C@@H](NC(=O)c2cn3cc(C(F)(F)P(=O)(O)O)ccc3n2)C1. The molecule has 3 fully saturated rings. The zero-order valence-electron chi connectivity index (χ0n) is 45.5. The van der Waals surface area contributed by atoms with Gasteiger partial charge in [0.2, 0.25) is 35.4 Å². The smallest absolute Gasteiger partial charge is 0.379 e. The van der Waals surface area contributed by atoms with Gasteiger partial charge in [-0.15, -0.1) is 0 Å². The Bertz CT molecular complexity index is 3160. The van der Waals surface area contributed by atoms with E-state index in [-0.39, 0.29) is 68.5 Å². The van der Waals surface area contributed by atoms with Gasteiger partial charge in [0.25, 0.3) is 11.8 Å². The summed E-state index contributed by atoms with van der Waals surface area (Å²) in [5, 5.41) is 10.8. The van der Waals surface area contributed by atoms with Gasteiger partial charge in [0.05, 0.1) is 18.2 Å². The number of unbranched alkanes of at least 4 members (excludes halogenated alkanes) is 7. The van der Waals surface area contributed by atoms with Crippen molar-refractivity contribution in [3.8, 4) is 11.8 Å². The molecule has 0 saturated carbocycles. The Morgan fingerprint density at radius 1 is 0.915 bits per heavy atom. The van der Waals surface area contributed by atoms with Gasteiger partial charge in [0, 0.05) is 68.5 Å². The zero-order valence-corrected chi connectivity index (χ0v) is 46.4. The summed E-state index contributed by atoms with van der Waals surface area (Å²) in [4.78, 5) is 133. The van der Waals surface area contributed by atoms with Crippen LogP contribution in [0, 0.1) is 11.8 Å². The zero-order chi connectivity index (χ0) is 58.7. The number of carbonyl (C=O) groups is 8. The molecule has 8 rings (SSSR count). The molecule has 0 bridgehead atoms. The molecule has 25 heteroatoms. The highest BCUT2D eigenvalue weighted by atomic mass is 31.2. The Morgan fingerprint density at radius 3 is 2.39 bits per heavy atom. The molecule has 4 aromatic rings. The first-order valence-electron chi connectivity index (χ1n) is 27.7. The van der Waals surface area contributed by atoms with Crippen molar-refractivity contribution < 1.29 is 66.2 Å². The van der Waals surface area contributed by atoms with Crippen LogP contribution in [-0.4, -0.2) is 145 Å². The number of alkyl halides is 2. The van der Waals surface area contributed by atoms with Crippen molar-refractivity contribution >= 4 is 60.5 Å². The number of ether oxygens (including phenoxy) is 1. The number of pyridine rings is 1. The second-order valence-corrected chi connectivity index (χ2v) is 23.0. The van der Waals surface area contributed by atoms with E-state index in [0.717, 1.165) is 90.6 Å². The molecule has 6 heterocycles. The average molecular weight is 1160 g/mol. The number of benzene rings is 2. The largest absolute Gasteiger partial charge is 0.399 e. The number of fused-ring (bicyclic) bond motifs is 3. The number of primary amides is 1. The first-order valence-corrected chi connectivity index (χ1v) is 29.3. The predicted molar refractivity (Wildman–Crippen MR) is 293 cm³/mol. The fourth-order valence-corrected chi connectivity index (χ4v) is 11.4. The number of nitrogens with two attached hydrogens (primary N) is 1. The maximum absolute atomic E-state index is 14.5. The van der Waals surface area contributed by atoms with Crippen molar-refractivity contribution in [1.29, 1.82) is 0 Å². The molecule has 0 spiro atoms. The topological polar surface area (TPSA) is 304 Å². The lowest BCUT2D eigenvalue weighted by Gasteiger charge is -2.38. The first kappa shape index (κ1) is 60.7. The van der Waals surface area contributed by atoms with Gasteiger partial charge < -0.3 is 55.3 Å². The molecule has 4 aliphatic rings. The molecule has 6 atom stereocenters. The molecule has 82 heavy (non-hydrogen) atoms. The Hall–Kier alpha value is -7.42. The lowest BCUT2D eigenvalue weighted by atomic mass is 10.0. The van der Waals surface area contributed by atoms with Crippen LogP contribution in [0.1, 0.15) is 145 Å². The minimum absolute atomic E-state index is 0.0109. The number of hydrogen-bond acceptors (Lipinski definition) is 12. The van der Waals surface area contributed by atoms with Crippen molar-refractivity contribution in [2.45, 2.75) is 145 Å². The normalized spacial score (nSPS) is 20.2. The third kappa shape index (κ3) is 14.8. The molecule has 0 aliphatic carbocycles. The average Bonchev–Trinajstić information content (AvgIpc) is 4.33. The van der Waals surface area contributed by atoms with E-state index in [4.69, 9.17) is 10.5 Å². The molecular weight excluding hydrogens is 1090 g/mol. The van der Waals surface area contributed by atoms with Crippen LogP contribution in [0.3, 0.4) is 0 Å². The third-order valence-electron chi connectivity index (χ3n) is 15.4. The van der Waals surface area contributed by atoms with Crippen molar-refractivity contribution in [3.05, 3.63) is 107 Å². The molecule has 8 N–H and O–H groups in total. The summed E-state index contributed by atoms with van der Waals surface area (Å²) in [5.74, 6) is 2.12. The summed E-state index contributed by atoms with van der Waals surface area (Å²) < 4.78 is 47.6. The van der Waals surface area contributed by atoms with Crippen molar-refractivity contribution in [2.75, 3.05) is 33.4 Å².